The number of allylic oxidation sites excluding steroid dienone is 1. The lowest BCUT2D eigenvalue weighted by Gasteiger charge is -2.37. The van der Waals surface area contributed by atoms with Crippen molar-refractivity contribution < 1.29 is 14.2 Å². The van der Waals surface area contributed by atoms with Gasteiger partial charge in [0.25, 0.3) is 0 Å². The van der Waals surface area contributed by atoms with E-state index in [9.17, 15) is 5.11 Å². The highest BCUT2D eigenvalue weighted by Gasteiger charge is 2.36. The first-order chi connectivity index (χ1) is 15.2. The Morgan fingerprint density at radius 1 is 0.938 bits per heavy atom. The number of fused-ring (bicyclic) bond motifs is 7. The van der Waals surface area contributed by atoms with E-state index in [0.717, 1.165) is 29.6 Å². The molecule has 6 rings (SSSR count). The van der Waals surface area contributed by atoms with E-state index in [4.69, 9.17) is 9.07 Å². The normalized spacial score (nSPS) is 14.8. The molecule has 0 bridgehead atoms. The Morgan fingerprint density at radius 2 is 1.78 bits per heavy atom. The molecule has 0 atom stereocenters. The van der Waals surface area contributed by atoms with Crippen molar-refractivity contribution in [2.75, 3.05) is 0 Å². The van der Waals surface area contributed by atoms with Gasteiger partial charge < -0.3 is 14.2 Å². The predicted octanol–water partition coefficient (Wildman–Crippen LogP) is 6.00. The summed E-state index contributed by atoms with van der Waals surface area (Å²) < 4.78 is 12.4. The quantitative estimate of drug-likeness (QED) is 0.362. The first-order valence-corrected chi connectivity index (χ1v) is 11.3. The smallest absolute Gasteiger partial charge is 0.330 e. The standard InChI is InChI=1S/C28H26BO3/c1-27(2,30)28(3,4)32-29-16-12-13-17-19-9-7-10-20-25(19)22(21(17)14-16)15-23-18-8-5-6-11-24(18)31-26(20)23/h5,7-10,12-15,30H,6,11H2,1-4H3. The van der Waals surface area contributed by atoms with Crippen LogP contribution in [-0.4, -0.2) is 23.8 Å². The van der Waals surface area contributed by atoms with Crippen molar-refractivity contribution in [1.29, 1.82) is 0 Å². The minimum Gasteiger partial charge on any atom is -0.460 e. The van der Waals surface area contributed by atoms with Crippen LogP contribution in [0.4, 0.5) is 0 Å². The average molecular weight is 421 g/mol. The lowest BCUT2D eigenvalue weighted by molar-refractivity contribution is -0.0893. The van der Waals surface area contributed by atoms with Crippen LogP contribution < -0.4 is 5.46 Å². The summed E-state index contributed by atoms with van der Waals surface area (Å²) >= 11 is 0. The van der Waals surface area contributed by atoms with Crippen molar-refractivity contribution in [2.24, 2.45) is 0 Å². The van der Waals surface area contributed by atoms with Gasteiger partial charge >= 0.3 is 7.48 Å². The van der Waals surface area contributed by atoms with Crippen LogP contribution in [0.25, 0.3) is 50.1 Å². The van der Waals surface area contributed by atoms with Crippen LogP contribution in [0.3, 0.4) is 0 Å². The van der Waals surface area contributed by atoms with E-state index in [0.29, 0.717) is 0 Å². The first-order valence-electron chi connectivity index (χ1n) is 11.3. The van der Waals surface area contributed by atoms with Crippen LogP contribution in [0.2, 0.25) is 0 Å². The van der Waals surface area contributed by atoms with Crippen LogP contribution in [0.1, 0.15) is 45.4 Å². The molecule has 1 aromatic heterocycles. The molecule has 1 heterocycles. The van der Waals surface area contributed by atoms with E-state index in [1.165, 1.54) is 44.0 Å². The maximum absolute atomic E-state index is 10.4. The van der Waals surface area contributed by atoms with E-state index < -0.39 is 11.2 Å². The molecule has 1 N–H and O–H groups in total. The number of aliphatic hydroxyl groups is 1. The molecule has 4 aromatic rings. The van der Waals surface area contributed by atoms with Crippen molar-refractivity contribution in [2.45, 2.75) is 51.7 Å². The molecular weight excluding hydrogens is 395 g/mol. The molecule has 32 heavy (non-hydrogen) atoms. The fraction of sp³-hybridized carbons (Fsp3) is 0.286. The molecule has 0 aliphatic heterocycles. The third-order valence-electron chi connectivity index (χ3n) is 7.34. The highest BCUT2D eigenvalue weighted by atomic mass is 16.5. The Bertz CT molecular complexity index is 1430. The second-order valence-corrected chi connectivity index (χ2v) is 10.0. The average Bonchev–Trinajstić information content (AvgIpc) is 3.29. The molecule has 159 valence electrons. The fourth-order valence-corrected chi connectivity index (χ4v) is 4.77. The summed E-state index contributed by atoms with van der Waals surface area (Å²) in [7, 11) is 1.76. The molecule has 2 aliphatic rings. The maximum atomic E-state index is 10.4. The third-order valence-corrected chi connectivity index (χ3v) is 7.34. The summed E-state index contributed by atoms with van der Waals surface area (Å²) in [6, 6.07) is 15.3. The second kappa shape index (κ2) is 6.60. The predicted molar refractivity (Wildman–Crippen MR) is 132 cm³/mol. The zero-order valence-corrected chi connectivity index (χ0v) is 19.0. The topological polar surface area (TPSA) is 42.6 Å². The van der Waals surface area contributed by atoms with Gasteiger partial charge in [-0.2, -0.15) is 0 Å². The Morgan fingerprint density at radius 3 is 2.59 bits per heavy atom. The van der Waals surface area contributed by atoms with E-state index in [-0.39, 0.29) is 0 Å². The Kier molecular flexibility index (Phi) is 4.09. The lowest BCUT2D eigenvalue weighted by Crippen LogP contribution is -2.49. The zero-order chi connectivity index (χ0) is 22.3. The summed E-state index contributed by atoms with van der Waals surface area (Å²) in [6.07, 6.45) is 6.44. The van der Waals surface area contributed by atoms with Crippen LogP contribution in [0.15, 0.2) is 53.0 Å². The van der Waals surface area contributed by atoms with Crippen molar-refractivity contribution in [3.63, 3.8) is 0 Å². The summed E-state index contributed by atoms with van der Waals surface area (Å²) in [5.74, 6) is 1.09. The number of furan rings is 1. The number of rotatable bonds is 4. The highest BCUT2D eigenvalue weighted by molar-refractivity contribution is 6.47. The Labute approximate surface area is 189 Å². The molecule has 0 spiro atoms. The largest absolute Gasteiger partial charge is 0.460 e. The summed E-state index contributed by atoms with van der Waals surface area (Å²) in [5, 5.41) is 14.1. The van der Waals surface area contributed by atoms with Gasteiger partial charge in [-0.3, -0.25) is 0 Å². The molecular formula is C28H26BO3. The second-order valence-electron chi connectivity index (χ2n) is 10.0. The van der Waals surface area contributed by atoms with Gasteiger partial charge in [-0.25, -0.2) is 0 Å². The molecule has 0 saturated carbocycles. The van der Waals surface area contributed by atoms with Crippen molar-refractivity contribution >= 4 is 40.8 Å². The van der Waals surface area contributed by atoms with Crippen LogP contribution >= 0.6 is 0 Å². The molecule has 0 fully saturated rings. The molecule has 0 amide bonds. The monoisotopic (exact) mass is 421 g/mol. The Balaban J connectivity index is 1.49. The van der Waals surface area contributed by atoms with E-state index in [1.807, 2.05) is 13.8 Å². The summed E-state index contributed by atoms with van der Waals surface area (Å²) in [5.41, 5.74) is 6.49. The van der Waals surface area contributed by atoms with Gasteiger partial charge in [0.15, 0.2) is 0 Å². The van der Waals surface area contributed by atoms with Crippen LogP contribution in [0, 0.1) is 0 Å². The fourth-order valence-electron chi connectivity index (χ4n) is 4.77. The van der Waals surface area contributed by atoms with Crippen molar-refractivity contribution in [1.82, 2.24) is 0 Å². The van der Waals surface area contributed by atoms with E-state index in [1.54, 1.807) is 21.3 Å². The van der Waals surface area contributed by atoms with Gasteiger partial charge in [0.05, 0.1) is 11.2 Å². The minimum atomic E-state index is -0.957. The molecule has 0 saturated heterocycles. The van der Waals surface area contributed by atoms with Crippen molar-refractivity contribution in [3.05, 3.63) is 59.9 Å². The van der Waals surface area contributed by atoms with Crippen molar-refractivity contribution in [3.8, 4) is 22.3 Å². The van der Waals surface area contributed by atoms with Gasteiger partial charge in [0.2, 0.25) is 0 Å². The summed E-state index contributed by atoms with van der Waals surface area (Å²) in [6.45, 7) is 7.35. The number of benzene rings is 3. The SMILES string of the molecule is CC(C)(O)C(C)(C)O[B]c1ccc2c(c1)-c1cc3c4c(oc3c3cccc-2c13)CCC=C4. The molecule has 2 aliphatic carbocycles. The molecule has 0 unspecified atom stereocenters. The van der Waals surface area contributed by atoms with Gasteiger partial charge in [-0.05, 0) is 62.4 Å². The molecule has 4 heteroatoms. The molecule has 1 radical (unpaired) electrons. The van der Waals surface area contributed by atoms with E-state index in [2.05, 4.69) is 54.6 Å². The first kappa shape index (κ1) is 19.8. The van der Waals surface area contributed by atoms with Crippen LogP contribution in [-0.2, 0) is 11.1 Å². The third kappa shape index (κ3) is 2.76. The molecule has 3 nitrogen and oxygen atoms in total. The Hall–Kier alpha value is -2.82. The minimum absolute atomic E-state index is 0.705. The lowest BCUT2D eigenvalue weighted by atomic mass is 9.81. The maximum Gasteiger partial charge on any atom is 0.330 e. The van der Waals surface area contributed by atoms with Crippen LogP contribution in [0.5, 0.6) is 0 Å². The van der Waals surface area contributed by atoms with Gasteiger partial charge in [-0.1, -0.05) is 54.0 Å². The number of aryl methyl sites for hydroxylation is 1. The van der Waals surface area contributed by atoms with Gasteiger partial charge in [0.1, 0.15) is 11.3 Å². The van der Waals surface area contributed by atoms with Gasteiger partial charge in [-0.15, -0.1) is 0 Å². The summed E-state index contributed by atoms with van der Waals surface area (Å²) in [4.78, 5) is 0. The zero-order valence-electron chi connectivity index (χ0n) is 19.0. The van der Waals surface area contributed by atoms with E-state index >= 15 is 0 Å². The highest BCUT2D eigenvalue weighted by Crippen LogP contribution is 2.50. The number of hydrogen-bond acceptors (Lipinski definition) is 3. The molecule has 3 aromatic carbocycles. The van der Waals surface area contributed by atoms with Gasteiger partial charge in [0, 0.05) is 28.1 Å². The number of hydrogen-bond donors (Lipinski definition) is 1.